The average molecular weight is 550 g/mol. The number of hydrogen-bond donors (Lipinski definition) is 2. The first kappa shape index (κ1) is 23.1. The fraction of sp³-hybridized carbons (Fsp3) is 0.217. The summed E-state index contributed by atoms with van der Waals surface area (Å²) in [5.74, 6) is 0.247. The molecule has 0 saturated heterocycles. The lowest BCUT2D eigenvalue weighted by atomic mass is 10.1. The summed E-state index contributed by atoms with van der Waals surface area (Å²) in [5.41, 5.74) is 5.70. The molecule has 6 nitrogen and oxygen atoms in total. The minimum absolute atomic E-state index is 0.254. The van der Waals surface area contributed by atoms with Crippen LogP contribution in [0.2, 0.25) is 0 Å². The molecule has 31 heavy (non-hydrogen) atoms. The number of carbonyl (C=O) groups is 2. The number of para-hydroxylation sites is 1. The number of hydrazine groups is 1. The van der Waals surface area contributed by atoms with Gasteiger partial charge in [-0.25, -0.2) is 0 Å². The van der Waals surface area contributed by atoms with Gasteiger partial charge >= 0.3 is 0 Å². The van der Waals surface area contributed by atoms with E-state index in [-0.39, 0.29) is 6.61 Å². The van der Waals surface area contributed by atoms with E-state index in [0.717, 1.165) is 25.3 Å². The Labute approximate surface area is 197 Å². The number of nitrogens with one attached hydrogen (secondary N) is 2. The van der Waals surface area contributed by atoms with E-state index in [1.54, 1.807) is 12.1 Å². The van der Waals surface area contributed by atoms with Crippen molar-refractivity contribution < 1.29 is 19.1 Å². The zero-order valence-corrected chi connectivity index (χ0v) is 20.2. The molecule has 0 aliphatic heterocycles. The van der Waals surface area contributed by atoms with Gasteiger partial charge in [-0.15, -0.1) is 0 Å². The molecule has 0 aliphatic carbocycles. The average Bonchev–Trinajstić information content (AvgIpc) is 2.76. The highest BCUT2D eigenvalue weighted by Gasteiger charge is 2.20. The zero-order valence-electron chi connectivity index (χ0n) is 17.1. The van der Waals surface area contributed by atoms with Gasteiger partial charge in [-0.3, -0.25) is 20.4 Å². The lowest BCUT2D eigenvalue weighted by Gasteiger charge is -2.18. The van der Waals surface area contributed by atoms with Gasteiger partial charge in [-0.2, -0.15) is 0 Å². The summed E-state index contributed by atoms with van der Waals surface area (Å²) in [5, 5.41) is 2.00. The number of benzene rings is 3. The van der Waals surface area contributed by atoms with E-state index in [1.807, 2.05) is 56.3 Å². The Bertz CT molecular complexity index is 1100. The smallest absolute Gasteiger partial charge is 0.279 e. The Morgan fingerprint density at radius 2 is 1.77 bits per heavy atom. The molecule has 0 fully saturated rings. The Kier molecular flexibility index (Phi) is 7.92. The van der Waals surface area contributed by atoms with E-state index in [1.165, 1.54) is 0 Å². The summed E-state index contributed by atoms with van der Waals surface area (Å²) in [6.07, 6.45) is -0.275. The van der Waals surface area contributed by atoms with Crippen LogP contribution in [0.3, 0.4) is 0 Å². The third kappa shape index (κ3) is 5.98. The molecule has 2 amide bonds. The van der Waals surface area contributed by atoms with Crippen molar-refractivity contribution in [1.29, 1.82) is 0 Å². The molecule has 2 N–H and O–H groups in total. The molecule has 162 valence electrons. The normalized spacial score (nSPS) is 11.6. The Morgan fingerprint density at radius 3 is 2.52 bits per heavy atom. The molecule has 0 aliphatic rings. The van der Waals surface area contributed by atoms with Crippen molar-refractivity contribution in [2.24, 2.45) is 0 Å². The molecule has 0 aromatic heterocycles. The van der Waals surface area contributed by atoms with Gasteiger partial charge in [0, 0.05) is 4.47 Å². The van der Waals surface area contributed by atoms with E-state index < -0.39 is 17.9 Å². The number of rotatable bonds is 7. The fourth-order valence-corrected chi connectivity index (χ4v) is 3.90. The van der Waals surface area contributed by atoms with Crippen LogP contribution in [0.15, 0.2) is 63.5 Å². The van der Waals surface area contributed by atoms with Gasteiger partial charge in [-0.1, -0.05) is 53.2 Å². The van der Waals surface area contributed by atoms with E-state index in [2.05, 4.69) is 42.7 Å². The maximum atomic E-state index is 12.4. The minimum atomic E-state index is -0.726. The van der Waals surface area contributed by atoms with Gasteiger partial charge in [0.25, 0.3) is 11.8 Å². The van der Waals surface area contributed by atoms with E-state index in [4.69, 9.17) is 9.47 Å². The van der Waals surface area contributed by atoms with Crippen molar-refractivity contribution in [3.63, 3.8) is 0 Å². The molecular formula is C23H22Br2N2O4. The van der Waals surface area contributed by atoms with E-state index >= 15 is 0 Å². The maximum Gasteiger partial charge on any atom is 0.279 e. The van der Waals surface area contributed by atoms with Crippen molar-refractivity contribution in [3.05, 3.63) is 69.1 Å². The van der Waals surface area contributed by atoms with Crippen molar-refractivity contribution in [1.82, 2.24) is 10.9 Å². The second-order valence-electron chi connectivity index (χ2n) is 6.85. The summed E-state index contributed by atoms with van der Waals surface area (Å²) < 4.78 is 13.1. The predicted molar refractivity (Wildman–Crippen MR) is 127 cm³/mol. The van der Waals surface area contributed by atoms with E-state index in [9.17, 15) is 9.59 Å². The number of fused-ring (bicyclic) bond motifs is 1. The third-order valence-corrected chi connectivity index (χ3v) is 5.90. The lowest BCUT2D eigenvalue weighted by Crippen LogP contribution is -2.49. The lowest BCUT2D eigenvalue weighted by molar-refractivity contribution is -0.134. The van der Waals surface area contributed by atoms with Gasteiger partial charge in [-0.05, 0) is 69.9 Å². The number of aryl methyl sites for hydroxylation is 1. The molecule has 0 heterocycles. The molecule has 1 atom stereocenters. The second kappa shape index (κ2) is 10.6. The molecule has 1 unspecified atom stereocenters. The van der Waals surface area contributed by atoms with Gasteiger partial charge < -0.3 is 9.47 Å². The fourth-order valence-electron chi connectivity index (χ4n) is 2.91. The van der Waals surface area contributed by atoms with Crippen LogP contribution in [0.1, 0.15) is 18.9 Å². The van der Waals surface area contributed by atoms with Crippen LogP contribution >= 0.6 is 31.9 Å². The summed E-state index contributed by atoms with van der Waals surface area (Å²) >= 11 is 6.97. The molecule has 0 spiro atoms. The number of halogens is 2. The third-order valence-electron chi connectivity index (χ3n) is 4.59. The van der Waals surface area contributed by atoms with Crippen molar-refractivity contribution >= 4 is 54.4 Å². The molecule has 3 aromatic carbocycles. The largest absolute Gasteiger partial charge is 0.483 e. The SMILES string of the molecule is CCC(Oc1ccccc1C)C(=O)NNC(=O)COc1ccc2cc(Br)ccc2c1Br. The summed E-state index contributed by atoms with van der Waals surface area (Å²) in [4.78, 5) is 24.5. The van der Waals surface area contributed by atoms with Crippen LogP contribution in [-0.2, 0) is 9.59 Å². The predicted octanol–water partition coefficient (Wildman–Crippen LogP) is 5.06. The highest BCUT2D eigenvalue weighted by atomic mass is 79.9. The minimum Gasteiger partial charge on any atom is -0.483 e. The van der Waals surface area contributed by atoms with Gasteiger partial charge in [0.2, 0.25) is 0 Å². The maximum absolute atomic E-state index is 12.4. The molecule has 0 radical (unpaired) electrons. The van der Waals surface area contributed by atoms with Gasteiger partial charge in [0.15, 0.2) is 12.7 Å². The quantitative estimate of drug-likeness (QED) is 0.404. The number of hydrogen-bond acceptors (Lipinski definition) is 4. The number of ether oxygens (including phenoxy) is 2. The topological polar surface area (TPSA) is 76.7 Å². The molecule has 3 aromatic rings. The zero-order chi connectivity index (χ0) is 22.4. The standard InChI is InChI=1S/C23H22Br2N2O4/c1-3-18(31-19-7-5-4-6-14(19)2)23(29)27-26-21(28)13-30-20-11-8-15-12-16(24)9-10-17(15)22(20)25/h4-12,18H,3,13H2,1-2H3,(H,26,28)(H,27,29). The number of amides is 2. The summed E-state index contributed by atoms with van der Waals surface area (Å²) in [6, 6.07) is 17.0. The Balaban J connectivity index is 1.53. The van der Waals surface area contributed by atoms with Crippen molar-refractivity contribution in [3.8, 4) is 11.5 Å². The molecule has 0 bridgehead atoms. The van der Waals surface area contributed by atoms with Gasteiger partial charge in [0.1, 0.15) is 11.5 Å². The molecular weight excluding hydrogens is 528 g/mol. The van der Waals surface area contributed by atoms with Crippen LogP contribution in [-0.4, -0.2) is 24.5 Å². The van der Waals surface area contributed by atoms with Crippen LogP contribution < -0.4 is 20.3 Å². The second-order valence-corrected chi connectivity index (χ2v) is 8.56. The molecule has 8 heteroatoms. The van der Waals surface area contributed by atoms with Crippen LogP contribution in [0.25, 0.3) is 10.8 Å². The first-order chi connectivity index (χ1) is 14.9. The van der Waals surface area contributed by atoms with Gasteiger partial charge in [0.05, 0.1) is 4.47 Å². The summed E-state index contributed by atoms with van der Waals surface area (Å²) in [6.45, 7) is 3.49. The molecule has 0 saturated carbocycles. The first-order valence-corrected chi connectivity index (χ1v) is 11.3. The molecule has 3 rings (SSSR count). The monoisotopic (exact) mass is 548 g/mol. The highest BCUT2D eigenvalue weighted by molar-refractivity contribution is 9.11. The number of carbonyl (C=O) groups excluding carboxylic acids is 2. The Hall–Kier alpha value is -2.58. The summed E-state index contributed by atoms with van der Waals surface area (Å²) in [7, 11) is 0. The van der Waals surface area contributed by atoms with E-state index in [0.29, 0.717) is 17.9 Å². The van der Waals surface area contributed by atoms with Crippen LogP contribution in [0.4, 0.5) is 0 Å². The highest BCUT2D eigenvalue weighted by Crippen LogP contribution is 2.34. The van der Waals surface area contributed by atoms with Crippen LogP contribution in [0, 0.1) is 6.92 Å². The van der Waals surface area contributed by atoms with Crippen molar-refractivity contribution in [2.45, 2.75) is 26.4 Å². The van der Waals surface area contributed by atoms with Crippen molar-refractivity contribution in [2.75, 3.05) is 6.61 Å². The Morgan fingerprint density at radius 1 is 1.00 bits per heavy atom. The van der Waals surface area contributed by atoms with Crippen LogP contribution in [0.5, 0.6) is 11.5 Å². The first-order valence-electron chi connectivity index (χ1n) is 9.70.